The SMILES string of the molecule is CC(=O)NCC1CN(C(=O)C=Cc2cn(C)c3ccccc23)CCO1. The summed E-state index contributed by atoms with van der Waals surface area (Å²) >= 11 is 0. The van der Waals surface area contributed by atoms with Gasteiger partial charge in [-0.25, -0.2) is 0 Å². The number of fused-ring (bicyclic) bond motifs is 1. The fourth-order valence-corrected chi connectivity index (χ4v) is 3.07. The van der Waals surface area contributed by atoms with Crippen molar-refractivity contribution in [2.45, 2.75) is 13.0 Å². The Labute approximate surface area is 147 Å². The number of ether oxygens (including phenoxy) is 1. The Kier molecular flexibility index (Phi) is 5.19. The van der Waals surface area contributed by atoms with Gasteiger partial charge in [0.2, 0.25) is 11.8 Å². The minimum absolute atomic E-state index is 0.0379. The zero-order chi connectivity index (χ0) is 17.8. The first-order valence-electron chi connectivity index (χ1n) is 8.41. The highest BCUT2D eigenvalue weighted by Gasteiger charge is 2.23. The van der Waals surface area contributed by atoms with E-state index >= 15 is 0 Å². The number of para-hydroxylation sites is 1. The lowest BCUT2D eigenvalue weighted by atomic mass is 10.1. The Balaban J connectivity index is 1.66. The van der Waals surface area contributed by atoms with Crippen molar-refractivity contribution in [3.63, 3.8) is 0 Å². The number of hydrogen-bond donors (Lipinski definition) is 1. The second-order valence-corrected chi connectivity index (χ2v) is 6.26. The molecule has 132 valence electrons. The summed E-state index contributed by atoms with van der Waals surface area (Å²) in [5.74, 6) is -0.132. The molecule has 0 saturated carbocycles. The molecule has 2 aromatic rings. The summed E-state index contributed by atoms with van der Waals surface area (Å²) in [5.41, 5.74) is 2.16. The highest BCUT2D eigenvalue weighted by Crippen LogP contribution is 2.21. The molecule has 6 nitrogen and oxygen atoms in total. The number of carbonyl (C=O) groups is 2. The van der Waals surface area contributed by atoms with Crippen molar-refractivity contribution in [2.75, 3.05) is 26.2 Å². The van der Waals surface area contributed by atoms with Crippen LogP contribution >= 0.6 is 0 Å². The number of hydrogen-bond acceptors (Lipinski definition) is 3. The van der Waals surface area contributed by atoms with Crippen LogP contribution < -0.4 is 5.32 Å². The molecule has 0 radical (unpaired) electrons. The summed E-state index contributed by atoms with van der Waals surface area (Å²) in [7, 11) is 2.00. The first kappa shape index (κ1) is 17.2. The molecule has 1 saturated heterocycles. The molecule has 1 aromatic carbocycles. The predicted octanol–water partition coefficient (Wildman–Crippen LogP) is 1.55. The van der Waals surface area contributed by atoms with Crippen molar-refractivity contribution >= 4 is 28.8 Å². The minimum atomic E-state index is -0.160. The number of carbonyl (C=O) groups excluding carboxylic acids is 2. The quantitative estimate of drug-likeness (QED) is 0.859. The van der Waals surface area contributed by atoms with E-state index in [-0.39, 0.29) is 17.9 Å². The van der Waals surface area contributed by atoms with Crippen LogP contribution in [0.1, 0.15) is 12.5 Å². The summed E-state index contributed by atoms with van der Waals surface area (Å²) < 4.78 is 7.65. The van der Waals surface area contributed by atoms with E-state index in [4.69, 9.17) is 4.74 Å². The van der Waals surface area contributed by atoms with Gasteiger partial charge < -0.3 is 19.5 Å². The second kappa shape index (κ2) is 7.53. The van der Waals surface area contributed by atoms with Gasteiger partial charge in [-0.05, 0) is 12.1 Å². The van der Waals surface area contributed by atoms with E-state index in [9.17, 15) is 9.59 Å². The van der Waals surface area contributed by atoms with Gasteiger partial charge in [-0.15, -0.1) is 0 Å². The molecular formula is C19H23N3O3. The van der Waals surface area contributed by atoms with Gasteiger partial charge >= 0.3 is 0 Å². The Morgan fingerprint density at radius 1 is 1.36 bits per heavy atom. The molecule has 6 heteroatoms. The number of nitrogens with zero attached hydrogens (tertiary/aromatic N) is 2. The maximum absolute atomic E-state index is 12.5. The lowest BCUT2D eigenvalue weighted by molar-refractivity contribution is -0.133. The molecule has 1 fully saturated rings. The number of aromatic nitrogens is 1. The van der Waals surface area contributed by atoms with Gasteiger partial charge in [-0.1, -0.05) is 18.2 Å². The Hall–Kier alpha value is -2.60. The zero-order valence-corrected chi connectivity index (χ0v) is 14.6. The van der Waals surface area contributed by atoms with Gasteiger partial charge in [-0.2, -0.15) is 0 Å². The highest BCUT2D eigenvalue weighted by molar-refractivity contribution is 5.96. The topological polar surface area (TPSA) is 63.6 Å². The van der Waals surface area contributed by atoms with Crippen LogP contribution in [0.2, 0.25) is 0 Å². The molecule has 1 N–H and O–H groups in total. The smallest absolute Gasteiger partial charge is 0.246 e. The molecule has 2 heterocycles. The molecule has 0 spiro atoms. The number of rotatable bonds is 4. The molecule has 1 aliphatic heterocycles. The molecule has 0 bridgehead atoms. The molecule has 3 rings (SSSR count). The Bertz CT molecular complexity index is 809. The summed E-state index contributed by atoms with van der Waals surface area (Å²) in [6, 6.07) is 8.11. The first-order chi connectivity index (χ1) is 12.0. The van der Waals surface area contributed by atoms with Gasteiger partial charge in [0, 0.05) is 62.3 Å². The van der Waals surface area contributed by atoms with Crippen LogP contribution in [0.3, 0.4) is 0 Å². The zero-order valence-electron chi connectivity index (χ0n) is 14.6. The highest BCUT2D eigenvalue weighted by atomic mass is 16.5. The standard InChI is InChI=1S/C19H23N3O3/c1-14(23)20-11-16-13-22(9-10-25-16)19(24)8-7-15-12-21(2)18-6-4-3-5-17(15)18/h3-8,12,16H,9-11,13H2,1-2H3,(H,20,23). The first-order valence-corrected chi connectivity index (χ1v) is 8.41. The van der Waals surface area contributed by atoms with Crippen molar-refractivity contribution in [1.82, 2.24) is 14.8 Å². The molecular weight excluding hydrogens is 318 g/mol. The van der Waals surface area contributed by atoms with E-state index in [0.29, 0.717) is 26.2 Å². The van der Waals surface area contributed by atoms with Crippen molar-refractivity contribution in [3.05, 3.63) is 42.1 Å². The van der Waals surface area contributed by atoms with Crippen molar-refractivity contribution in [1.29, 1.82) is 0 Å². The maximum atomic E-state index is 12.5. The van der Waals surface area contributed by atoms with Crippen LogP contribution in [0.15, 0.2) is 36.5 Å². The maximum Gasteiger partial charge on any atom is 0.246 e. The fraction of sp³-hybridized carbons (Fsp3) is 0.368. The second-order valence-electron chi connectivity index (χ2n) is 6.26. The fourth-order valence-electron chi connectivity index (χ4n) is 3.07. The number of benzene rings is 1. The van der Waals surface area contributed by atoms with Crippen LogP contribution in [0.4, 0.5) is 0 Å². The van der Waals surface area contributed by atoms with Gasteiger partial charge in [0.05, 0.1) is 12.7 Å². The third kappa shape index (κ3) is 4.09. The van der Waals surface area contributed by atoms with Gasteiger partial charge in [-0.3, -0.25) is 9.59 Å². The van der Waals surface area contributed by atoms with Gasteiger partial charge in [0.15, 0.2) is 0 Å². The van der Waals surface area contributed by atoms with Gasteiger partial charge in [0.25, 0.3) is 0 Å². The third-order valence-electron chi connectivity index (χ3n) is 4.36. The summed E-state index contributed by atoms with van der Waals surface area (Å²) in [4.78, 5) is 25.3. The number of morpholine rings is 1. The van der Waals surface area contributed by atoms with E-state index in [2.05, 4.69) is 22.0 Å². The van der Waals surface area contributed by atoms with Crippen LogP contribution in [-0.2, 0) is 21.4 Å². The number of nitrogens with one attached hydrogen (secondary N) is 1. The van der Waals surface area contributed by atoms with E-state index in [1.807, 2.05) is 31.5 Å². The summed E-state index contributed by atoms with van der Waals surface area (Å²) in [5, 5.41) is 3.86. The number of aryl methyl sites for hydroxylation is 1. The lowest BCUT2D eigenvalue weighted by Crippen LogP contribution is -2.49. The predicted molar refractivity (Wildman–Crippen MR) is 97.0 cm³/mol. The summed E-state index contributed by atoms with van der Waals surface area (Å²) in [6.07, 6.45) is 5.34. The van der Waals surface area contributed by atoms with Crippen molar-refractivity contribution < 1.29 is 14.3 Å². The molecule has 25 heavy (non-hydrogen) atoms. The molecule has 0 aliphatic carbocycles. The van der Waals surface area contributed by atoms with E-state index in [1.165, 1.54) is 6.92 Å². The van der Waals surface area contributed by atoms with Crippen molar-refractivity contribution in [3.8, 4) is 0 Å². The minimum Gasteiger partial charge on any atom is -0.373 e. The molecule has 1 aliphatic rings. The van der Waals surface area contributed by atoms with E-state index in [0.717, 1.165) is 16.5 Å². The molecule has 1 unspecified atom stereocenters. The van der Waals surface area contributed by atoms with Crippen LogP contribution in [0.25, 0.3) is 17.0 Å². The molecule has 2 amide bonds. The average Bonchev–Trinajstić information content (AvgIpc) is 2.94. The van der Waals surface area contributed by atoms with Crippen LogP contribution in [0, 0.1) is 0 Å². The molecule has 1 aromatic heterocycles. The lowest BCUT2D eigenvalue weighted by Gasteiger charge is -2.32. The van der Waals surface area contributed by atoms with Gasteiger partial charge in [0.1, 0.15) is 0 Å². The third-order valence-corrected chi connectivity index (χ3v) is 4.36. The Morgan fingerprint density at radius 2 is 2.16 bits per heavy atom. The largest absolute Gasteiger partial charge is 0.373 e. The van der Waals surface area contributed by atoms with E-state index in [1.54, 1.807) is 11.0 Å². The average molecular weight is 341 g/mol. The monoisotopic (exact) mass is 341 g/mol. The van der Waals surface area contributed by atoms with Crippen LogP contribution in [0.5, 0.6) is 0 Å². The normalized spacial score (nSPS) is 18.0. The van der Waals surface area contributed by atoms with Crippen molar-refractivity contribution in [2.24, 2.45) is 7.05 Å². The molecule has 1 atom stereocenters. The number of amides is 2. The Morgan fingerprint density at radius 3 is 2.96 bits per heavy atom. The van der Waals surface area contributed by atoms with E-state index < -0.39 is 0 Å². The summed E-state index contributed by atoms with van der Waals surface area (Å²) in [6.45, 7) is 3.43. The van der Waals surface area contributed by atoms with Crippen LogP contribution in [-0.4, -0.2) is 53.6 Å².